The number of nitrogens with zero attached hydrogens (tertiary/aromatic N) is 1. The lowest BCUT2D eigenvalue weighted by molar-refractivity contribution is -0.143. The first-order chi connectivity index (χ1) is 16.9. The van der Waals surface area contributed by atoms with Crippen LogP contribution in [0.5, 0.6) is 0 Å². The van der Waals surface area contributed by atoms with E-state index in [0.717, 1.165) is 43.6 Å². The molecule has 2 aromatic carbocycles. The molecule has 4 atom stereocenters. The molecule has 2 aliphatic rings. The van der Waals surface area contributed by atoms with Crippen LogP contribution >= 0.6 is 0 Å². The largest absolute Gasteiger partial charge is 0.416 e. The topological polar surface area (TPSA) is 24.5 Å². The molecule has 2 aliphatic heterocycles. The molecule has 198 valence electrons. The summed E-state index contributed by atoms with van der Waals surface area (Å²) in [5.41, 5.74) is -2.09. The van der Waals surface area contributed by atoms with Gasteiger partial charge in [0.25, 0.3) is 0 Å². The van der Waals surface area contributed by atoms with Crippen molar-refractivity contribution in [2.24, 2.45) is 0 Å². The van der Waals surface area contributed by atoms with Gasteiger partial charge in [-0.25, -0.2) is 4.39 Å². The van der Waals surface area contributed by atoms with E-state index in [4.69, 9.17) is 4.74 Å². The lowest BCUT2D eigenvalue weighted by atomic mass is 9.86. The first-order valence-electron chi connectivity index (χ1n) is 12.1. The second-order valence-corrected chi connectivity index (χ2v) is 9.60. The quantitative estimate of drug-likeness (QED) is 0.455. The molecule has 0 saturated carbocycles. The highest BCUT2D eigenvalue weighted by molar-refractivity contribution is 5.35. The normalized spacial score (nSPS) is 25.1. The van der Waals surface area contributed by atoms with E-state index in [1.54, 1.807) is 12.1 Å². The van der Waals surface area contributed by atoms with Crippen LogP contribution in [0.15, 0.2) is 42.5 Å². The van der Waals surface area contributed by atoms with E-state index < -0.39 is 41.5 Å². The van der Waals surface area contributed by atoms with E-state index in [2.05, 4.69) is 10.2 Å². The molecule has 2 saturated heterocycles. The van der Waals surface area contributed by atoms with Crippen molar-refractivity contribution >= 4 is 0 Å². The SMILES string of the molecule is C[C@@H](O[C@H]1CCN(C2CCCNC2)C[C@@H]1c1ccc(F)cc1)c1cc(C(F)(F)F)cc(C(F)(F)F)c1. The van der Waals surface area contributed by atoms with Crippen molar-refractivity contribution in [1.82, 2.24) is 10.2 Å². The van der Waals surface area contributed by atoms with Crippen molar-refractivity contribution in [2.75, 3.05) is 26.2 Å². The van der Waals surface area contributed by atoms with Gasteiger partial charge in [0.1, 0.15) is 5.82 Å². The van der Waals surface area contributed by atoms with Gasteiger partial charge < -0.3 is 10.1 Å². The summed E-state index contributed by atoms with van der Waals surface area (Å²) in [6.45, 7) is 4.58. The fraction of sp³-hybridized carbons (Fsp3) is 0.538. The van der Waals surface area contributed by atoms with E-state index in [0.29, 0.717) is 25.6 Å². The summed E-state index contributed by atoms with van der Waals surface area (Å²) in [5.74, 6) is -0.603. The van der Waals surface area contributed by atoms with Crippen LogP contribution in [0.25, 0.3) is 0 Å². The average Bonchev–Trinajstić information content (AvgIpc) is 2.84. The van der Waals surface area contributed by atoms with Crippen molar-refractivity contribution in [1.29, 1.82) is 0 Å². The minimum Gasteiger partial charge on any atom is -0.370 e. The molecule has 1 N–H and O–H groups in total. The van der Waals surface area contributed by atoms with Crippen molar-refractivity contribution < 1.29 is 35.5 Å². The van der Waals surface area contributed by atoms with Crippen molar-refractivity contribution in [3.05, 3.63) is 70.5 Å². The Bertz CT molecular complexity index is 984. The number of halogens is 7. The maximum atomic E-state index is 13.6. The molecule has 36 heavy (non-hydrogen) atoms. The van der Waals surface area contributed by atoms with E-state index in [1.165, 1.54) is 19.1 Å². The lowest BCUT2D eigenvalue weighted by Gasteiger charge is -2.44. The highest BCUT2D eigenvalue weighted by Gasteiger charge is 2.39. The number of rotatable bonds is 5. The van der Waals surface area contributed by atoms with Gasteiger partial charge in [-0.1, -0.05) is 12.1 Å². The maximum absolute atomic E-state index is 13.6. The summed E-state index contributed by atoms with van der Waals surface area (Å²) in [6, 6.07) is 7.90. The Morgan fingerprint density at radius 1 is 0.944 bits per heavy atom. The number of benzene rings is 2. The standard InChI is InChI=1S/C26H29F7N2O/c1-16(18-11-19(25(28,29)30)13-20(12-18)26(31,32)33)36-24-8-10-35(22-3-2-9-34-14-22)15-23(24)17-4-6-21(27)7-5-17/h4-7,11-13,16,22-24,34H,2-3,8-10,14-15H2,1H3/t16-,22?,23-,24+/m1/s1. The average molecular weight is 519 g/mol. The zero-order valence-electron chi connectivity index (χ0n) is 19.8. The van der Waals surface area contributed by atoms with Gasteiger partial charge in [-0.15, -0.1) is 0 Å². The Morgan fingerprint density at radius 2 is 1.58 bits per heavy atom. The second kappa shape index (κ2) is 10.7. The minimum atomic E-state index is -4.92. The molecule has 0 radical (unpaired) electrons. The Labute approximate surface area is 205 Å². The second-order valence-electron chi connectivity index (χ2n) is 9.60. The third-order valence-corrected chi connectivity index (χ3v) is 7.12. The predicted octanol–water partition coefficient (Wildman–Crippen LogP) is 6.55. The number of nitrogens with one attached hydrogen (secondary N) is 1. The molecule has 10 heteroatoms. The van der Waals surface area contributed by atoms with Gasteiger partial charge in [-0.2, -0.15) is 26.3 Å². The molecule has 0 spiro atoms. The highest BCUT2D eigenvalue weighted by atomic mass is 19.4. The van der Waals surface area contributed by atoms with Gasteiger partial charge in [-0.05, 0) is 74.2 Å². The van der Waals surface area contributed by atoms with Crippen LogP contribution in [0.3, 0.4) is 0 Å². The van der Waals surface area contributed by atoms with E-state index >= 15 is 0 Å². The van der Waals surface area contributed by atoms with Crippen LogP contribution < -0.4 is 5.32 Å². The highest BCUT2D eigenvalue weighted by Crippen LogP contribution is 2.40. The predicted molar refractivity (Wildman–Crippen MR) is 121 cm³/mol. The van der Waals surface area contributed by atoms with Gasteiger partial charge in [0.2, 0.25) is 0 Å². The summed E-state index contributed by atoms with van der Waals surface area (Å²) >= 11 is 0. The fourth-order valence-corrected chi connectivity index (χ4v) is 5.18. The van der Waals surface area contributed by atoms with E-state index in [-0.39, 0.29) is 17.5 Å². The first kappa shape index (κ1) is 26.9. The Kier molecular flexibility index (Phi) is 7.97. The molecule has 2 fully saturated rings. The molecule has 4 rings (SSSR count). The first-order valence-corrected chi connectivity index (χ1v) is 12.1. The molecular weight excluding hydrogens is 489 g/mol. The summed E-state index contributed by atoms with van der Waals surface area (Å²) < 4.78 is 99.8. The molecule has 1 unspecified atom stereocenters. The summed E-state index contributed by atoms with van der Waals surface area (Å²) in [7, 11) is 0. The number of likely N-dealkylation sites (tertiary alicyclic amines) is 1. The molecule has 0 aromatic heterocycles. The Morgan fingerprint density at radius 3 is 2.14 bits per heavy atom. The molecule has 3 nitrogen and oxygen atoms in total. The zero-order valence-corrected chi connectivity index (χ0v) is 19.8. The van der Waals surface area contributed by atoms with Crippen LogP contribution in [0, 0.1) is 5.82 Å². The number of alkyl halides is 6. The van der Waals surface area contributed by atoms with Gasteiger partial charge in [0, 0.05) is 31.6 Å². The van der Waals surface area contributed by atoms with E-state index in [1.807, 2.05) is 0 Å². The summed E-state index contributed by atoms with van der Waals surface area (Å²) in [6.07, 6.45) is -8.68. The van der Waals surface area contributed by atoms with Crippen molar-refractivity contribution in [3.63, 3.8) is 0 Å². The van der Waals surface area contributed by atoms with Crippen LogP contribution in [0.1, 0.15) is 60.5 Å². The third-order valence-electron chi connectivity index (χ3n) is 7.12. The number of hydrogen-bond donors (Lipinski definition) is 1. The molecule has 0 amide bonds. The Hall–Kier alpha value is -2.17. The fourth-order valence-electron chi connectivity index (χ4n) is 5.18. The molecular formula is C26H29F7N2O. The van der Waals surface area contributed by atoms with E-state index in [9.17, 15) is 30.7 Å². The van der Waals surface area contributed by atoms with Crippen LogP contribution in [-0.2, 0) is 17.1 Å². The van der Waals surface area contributed by atoms with Gasteiger partial charge in [0.15, 0.2) is 0 Å². The number of piperidine rings is 2. The monoisotopic (exact) mass is 518 g/mol. The van der Waals surface area contributed by atoms with Crippen LogP contribution in [-0.4, -0.2) is 43.2 Å². The van der Waals surface area contributed by atoms with Gasteiger partial charge in [0.05, 0.1) is 23.3 Å². The summed E-state index contributed by atoms with van der Waals surface area (Å²) in [5, 5.41) is 3.39. The molecule has 0 bridgehead atoms. The van der Waals surface area contributed by atoms with Crippen LogP contribution in [0.4, 0.5) is 30.7 Å². The zero-order chi connectivity index (χ0) is 26.1. The molecule has 0 aliphatic carbocycles. The number of ether oxygens (including phenoxy) is 1. The molecule has 2 heterocycles. The maximum Gasteiger partial charge on any atom is 0.416 e. The molecule has 2 aromatic rings. The van der Waals surface area contributed by atoms with Crippen molar-refractivity contribution in [3.8, 4) is 0 Å². The number of hydrogen-bond acceptors (Lipinski definition) is 3. The minimum absolute atomic E-state index is 0.119. The van der Waals surface area contributed by atoms with Gasteiger partial charge >= 0.3 is 12.4 Å². The summed E-state index contributed by atoms with van der Waals surface area (Å²) in [4.78, 5) is 2.34. The smallest absolute Gasteiger partial charge is 0.370 e. The van der Waals surface area contributed by atoms with Crippen LogP contribution in [0.2, 0.25) is 0 Å². The Balaban J connectivity index is 1.59. The van der Waals surface area contributed by atoms with Gasteiger partial charge in [-0.3, -0.25) is 4.90 Å². The lowest BCUT2D eigenvalue weighted by Crippen LogP contribution is -2.52. The van der Waals surface area contributed by atoms with Crippen molar-refractivity contribution in [2.45, 2.75) is 62.7 Å². The third kappa shape index (κ3) is 6.39.